The standard InChI is InChI=1S/C14H19ClO3/c1-5-10-11(14(2,3)8-13(16)17)6-9(15)7-12(10)18-4/h6-7H,5,8H2,1-4H3,(H,16,17). The number of carboxylic acids is 1. The molecule has 1 N–H and O–H groups in total. The Morgan fingerprint density at radius 2 is 2.06 bits per heavy atom. The van der Waals surface area contributed by atoms with Crippen molar-refractivity contribution in [1.82, 2.24) is 0 Å². The van der Waals surface area contributed by atoms with Crippen molar-refractivity contribution in [3.8, 4) is 5.75 Å². The van der Waals surface area contributed by atoms with Crippen LogP contribution in [0.2, 0.25) is 5.02 Å². The summed E-state index contributed by atoms with van der Waals surface area (Å²) in [7, 11) is 1.60. The SMILES string of the molecule is CCc1c(OC)cc(Cl)cc1C(C)(C)CC(=O)O. The third kappa shape index (κ3) is 3.16. The van der Waals surface area contributed by atoms with Gasteiger partial charge in [-0.3, -0.25) is 4.79 Å². The molecule has 100 valence electrons. The lowest BCUT2D eigenvalue weighted by Gasteiger charge is -2.27. The Balaban J connectivity index is 3.38. The molecule has 0 aromatic heterocycles. The fourth-order valence-corrected chi connectivity index (χ4v) is 2.44. The minimum atomic E-state index is -0.819. The van der Waals surface area contributed by atoms with Gasteiger partial charge in [0.1, 0.15) is 5.75 Å². The molecule has 0 saturated heterocycles. The smallest absolute Gasteiger partial charge is 0.304 e. The van der Waals surface area contributed by atoms with Crippen LogP contribution in [0.5, 0.6) is 5.75 Å². The zero-order valence-electron chi connectivity index (χ0n) is 11.2. The van der Waals surface area contributed by atoms with Crippen LogP contribution in [-0.2, 0) is 16.6 Å². The first-order valence-electron chi connectivity index (χ1n) is 5.90. The zero-order chi connectivity index (χ0) is 13.9. The molecular formula is C14H19ClO3. The lowest BCUT2D eigenvalue weighted by atomic mass is 9.78. The van der Waals surface area contributed by atoms with Gasteiger partial charge in [-0.1, -0.05) is 32.4 Å². The number of hydrogen-bond acceptors (Lipinski definition) is 2. The van der Waals surface area contributed by atoms with Crippen molar-refractivity contribution in [2.75, 3.05) is 7.11 Å². The third-order valence-corrected chi connectivity index (χ3v) is 3.29. The van der Waals surface area contributed by atoms with Gasteiger partial charge in [0, 0.05) is 10.4 Å². The number of methoxy groups -OCH3 is 1. The van der Waals surface area contributed by atoms with Crippen molar-refractivity contribution in [2.24, 2.45) is 0 Å². The highest BCUT2D eigenvalue weighted by Gasteiger charge is 2.28. The van der Waals surface area contributed by atoms with Gasteiger partial charge in [-0.05, 0) is 29.7 Å². The summed E-state index contributed by atoms with van der Waals surface area (Å²) in [5, 5.41) is 9.57. The quantitative estimate of drug-likeness (QED) is 0.888. The molecule has 3 nitrogen and oxygen atoms in total. The largest absolute Gasteiger partial charge is 0.496 e. The highest BCUT2D eigenvalue weighted by atomic mass is 35.5. The van der Waals surface area contributed by atoms with Gasteiger partial charge in [-0.2, -0.15) is 0 Å². The van der Waals surface area contributed by atoms with Gasteiger partial charge < -0.3 is 9.84 Å². The van der Waals surface area contributed by atoms with Crippen LogP contribution >= 0.6 is 11.6 Å². The van der Waals surface area contributed by atoms with Crippen LogP contribution in [-0.4, -0.2) is 18.2 Å². The molecule has 0 fully saturated rings. The fraction of sp³-hybridized carbons (Fsp3) is 0.500. The number of carboxylic acid groups (broad SMARTS) is 1. The summed E-state index contributed by atoms with van der Waals surface area (Å²) in [6.07, 6.45) is 0.836. The first-order valence-corrected chi connectivity index (χ1v) is 6.28. The van der Waals surface area contributed by atoms with Gasteiger partial charge in [0.25, 0.3) is 0 Å². The number of carbonyl (C=O) groups is 1. The summed E-state index contributed by atoms with van der Waals surface area (Å²) >= 11 is 6.07. The average molecular weight is 271 g/mol. The van der Waals surface area contributed by atoms with E-state index in [0.29, 0.717) is 5.02 Å². The number of rotatable bonds is 5. The second-order valence-electron chi connectivity index (χ2n) is 4.94. The van der Waals surface area contributed by atoms with Crippen LogP contribution in [0, 0.1) is 0 Å². The summed E-state index contributed by atoms with van der Waals surface area (Å²) in [6, 6.07) is 3.60. The number of halogens is 1. The topological polar surface area (TPSA) is 46.5 Å². The van der Waals surface area contributed by atoms with Crippen LogP contribution in [0.3, 0.4) is 0 Å². The van der Waals surface area contributed by atoms with E-state index in [-0.39, 0.29) is 6.42 Å². The Morgan fingerprint density at radius 3 is 2.50 bits per heavy atom. The maximum absolute atomic E-state index is 11.0. The second kappa shape index (κ2) is 5.61. The Bertz CT molecular complexity index is 453. The van der Waals surface area contributed by atoms with Crippen LogP contribution in [0.25, 0.3) is 0 Å². The molecule has 0 unspecified atom stereocenters. The molecule has 18 heavy (non-hydrogen) atoms. The van der Waals surface area contributed by atoms with Crippen molar-refractivity contribution in [1.29, 1.82) is 0 Å². The van der Waals surface area contributed by atoms with Gasteiger partial charge in [0.05, 0.1) is 13.5 Å². The maximum Gasteiger partial charge on any atom is 0.304 e. The van der Waals surface area contributed by atoms with Gasteiger partial charge >= 0.3 is 5.97 Å². The minimum absolute atomic E-state index is 0.0590. The van der Waals surface area contributed by atoms with Crippen molar-refractivity contribution in [3.05, 3.63) is 28.3 Å². The first-order chi connectivity index (χ1) is 8.31. The first kappa shape index (κ1) is 14.8. The highest BCUT2D eigenvalue weighted by Crippen LogP contribution is 2.37. The molecule has 0 aliphatic rings. The normalized spacial score (nSPS) is 11.4. The van der Waals surface area contributed by atoms with E-state index in [4.69, 9.17) is 21.4 Å². The van der Waals surface area contributed by atoms with E-state index >= 15 is 0 Å². The Labute approximate surface area is 113 Å². The van der Waals surface area contributed by atoms with E-state index < -0.39 is 11.4 Å². The molecule has 0 spiro atoms. The van der Waals surface area contributed by atoms with Gasteiger partial charge in [-0.15, -0.1) is 0 Å². The molecule has 0 saturated carbocycles. The minimum Gasteiger partial charge on any atom is -0.496 e. The number of hydrogen-bond donors (Lipinski definition) is 1. The molecule has 0 bridgehead atoms. The lowest BCUT2D eigenvalue weighted by Crippen LogP contribution is -2.23. The Morgan fingerprint density at radius 1 is 1.44 bits per heavy atom. The lowest BCUT2D eigenvalue weighted by molar-refractivity contribution is -0.138. The fourth-order valence-electron chi connectivity index (χ4n) is 2.24. The third-order valence-electron chi connectivity index (χ3n) is 3.07. The van der Waals surface area contributed by atoms with E-state index in [1.807, 2.05) is 26.8 Å². The summed E-state index contributed by atoms with van der Waals surface area (Å²) in [6.45, 7) is 5.84. The zero-order valence-corrected chi connectivity index (χ0v) is 12.0. The number of aliphatic carboxylic acids is 1. The molecule has 0 radical (unpaired) electrons. The van der Waals surface area contributed by atoms with Crippen molar-refractivity contribution in [3.63, 3.8) is 0 Å². The van der Waals surface area contributed by atoms with Crippen LogP contribution < -0.4 is 4.74 Å². The molecule has 0 aliphatic heterocycles. The summed E-state index contributed by atoms with van der Waals surface area (Å²) in [5.74, 6) is -0.0977. The van der Waals surface area contributed by atoms with Crippen molar-refractivity contribution >= 4 is 17.6 Å². The monoisotopic (exact) mass is 270 g/mol. The molecule has 0 atom stereocenters. The molecule has 1 aromatic rings. The Kier molecular flexibility index (Phi) is 4.63. The van der Waals surface area contributed by atoms with E-state index in [9.17, 15) is 4.79 Å². The molecule has 4 heteroatoms. The average Bonchev–Trinajstić information content (AvgIpc) is 2.26. The summed E-state index contributed by atoms with van der Waals surface area (Å²) in [5.41, 5.74) is 1.49. The van der Waals surface area contributed by atoms with E-state index in [1.165, 1.54) is 0 Å². The second-order valence-corrected chi connectivity index (χ2v) is 5.38. The summed E-state index contributed by atoms with van der Waals surface area (Å²) < 4.78 is 5.33. The van der Waals surface area contributed by atoms with Crippen LogP contribution in [0.1, 0.15) is 38.3 Å². The van der Waals surface area contributed by atoms with Gasteiger partial charge in [0.2, 0.25) is 0 Å². The Hall–Kier alpha value is -1.22. The van der Waals surface area contributed by atoms with Gasteiger partial charge in [-0.25, -0.2) is 0 Å². The van der Waals surface area contributed by atoms with E-state index in [0.717, 1.165) is 23.3 Å². The van der Waals surface area contributed by atoms with Crippen LogP contribution in [0.15, 0.2) is 12.1 Å². The van der Waals surface area contributed by atoms with Crippen LogP contribution in [0.4, 0.5) is 0 Å². The number of benzene rings is 1. The maximum atomic E-state index is 11.0. The molecule has 0 heterocycles. The number of ether oxygens (including phenoxy) is 1. The van der Waals surface area contributed by atoms with E-state index in [2.05, 4.69) is 0 Å². The molecular weight excluding hydrogens is 252 g/mol. The van der Waals surface area contributed by atoms with E-state index in [1.54, 1.807) is 13.2 Å². The highest BCUT2D eigenvalue weighted by molar-refractivity contribution is 6.30. The molecule has 0 aliphatic carbocycles. The summed E-state index contributed by atoms with van der Waals surface area (Å²) in [4.78, 5) is 11.0. The molecule has 1 rings (SSSR count). The molecule has 0 amide bonds. The van der Waals surface area contributed by atoms with Crippen molar-refractivity contribution in [2.45, 2.75) is 39.0 Å². The van der Waals surface area contributed by atoms with Crippen molar-refractivity contribution < 1.29 is 14.6 Å². The molecule has 1 aromatic carbocycles. The predicted octanol–water partition coefficient (Wildman–Crippen LogP) is 3.66. The predicted molar refractivity (Wildman–Crippen MR) is 72.7 cm³/mol. The van der Waals surface area contributed by atoms with Gasteiger partial charge in [0.15, 0.2) is 0 Å².